The number of aromatic hydroxyl groups is 1. The van der Waals surface area contributed by atoms with Crippen molar-refractivity contribution in [2.45, 2.75) is 5.16 Å². The molecule has 30 heavy (non-hydrogen) atoms. The molecular weight excluding hydrogens is 476 g/mol. The summed E-state index contributed by atoms with van der Waals surface area (Å²) in [5, 5.41) is 33.1. The molecule has 0 atom stereocenters. The molecule has 0 fully saturated rings. The average Bonchev–Trinajstić information content (AvgIpc) is 3.08. The van der Waals surface area contributed by atoms with Crippen LogP contribution < -0.4 is 5.43 Å². The van der Waals surface area contributed by atoms with Crippen LogP contribution in [0.15, 0.2) is 57.2 Å². The summed E-state index contributed by atoms with van der Waals surface area (Å²) in [5.74, 6) is 0.0987. The lowest BCUT2D eigenvalue weighted by molar-refractivity contribution is -0.384. The molecule has 3 aromatic rings. The molecule has 0 saturated heterocycles. The number of nitro benzene ring substituents is 1. The van der Waals surface area contributed by atoms with Crippen LogP contribution in [0.25, 0.3) is 11.4 Å². The Morgan fingerprint density at radius 2 is 2.17 bits per heavy atom. The van der Waals surface area contributed by atoms with Gasteiger partial charge in [0.25, 0.3) is 11.6 Å². The Morgan fingerprint density at radius 1 is 1.37 bits per heavy atom. The Balaban J connectivity index is 1.59. The average molecular weight is 491 g/mol. The number of halogens is 1. The van der Waals surface area contributed by atoms with Gasteiger partial charge in [0.05, 0.1) is 16.9 Å². The van der Waals surface area contributed by atoms with E-state index in [0.717, 1.165) is 22.3 Å². The van der Waals surface area contributed by atoms with E-state index < -0.39 is 10.8 Å². The summed E-state index contributed by atoms with van der Waals surface area (Å²) in [6, 6.07) is 11.2. The van der Waals surface area contributed by atoms with Crippen molar-refractivity contribution in [3.05, 3.63) is 62.6 Å². The smallest absolute Gasteiger partial charge is 0.270 e. The van der Waals surface area contributed by atoms with Gasteiger partial charge in [-0.1, -0.05) is 39.8 Å². The van der Waals surface area contributed by atoms with Gasteiger partial charge in [0, 0.05) is 34.8 Å². The van der Waals surface area contributed by atoms with Gasteiger partial charge in [-0.2, -0.15) is 5.10 Å². The standard InChI is InChI=1S/C18H15BrN6O4S/c1-24-17(11-3-2-4-13(19)7-11)22-23-18(24)30-10-16(27)21-20-9-12-8-14(25(28)29)5-6-15(12)26/h2-9,26H,10H2,1H3,(H,21,27)/b20-9-. The number of hydrogen-bond donors (Lipinski definition) is 2. The van der Waals surface area contributed by atoms with Crippen molar-refractivity contribution in [2.75, 3.05) is 5.75 Å². The third kappa shape index (κ3) is 5.21. The lowest BCUT2D eigenvalue weighted by Gasteiger charge is -2.04. The minimum absolute atomic E-state index is 0.0305. The first-order chi connectivity index (χ1) is 14.3. The molecule has 0 spiro atoms. The van der Waals surface area contributed by atoms with Crippen LogP contribution in [0.1, 0.15) is 5.56 Å². The second-order valence-corrected chi connectivity index (χ2v) is 7.82. The predicted octanol–water partition coefficient (Wildman–Crippen LogP) is 3.10. The van der Waals surface area contributed by atoms with E-state index in [1.807, 2.05) is 24.3 Å². The number of non-ortho nitro benzene ring substituents is 1. The Hall–Kier alpha value is -3.25. The van der Waals surface area contributed by atoms with E-state index in [9.17, 15) is 20.0 Å². The van der Waals surface area contributed by atoms with E-state index in [1.54, 1.807) is 11.6 Å². The number of carbonyl (C=O) groups excluding carboxylic acids is 1. The minimum atomic E-state index is -0.588. The molecule has 0 unspecified atom stereocenters. The van der Waals surface area contributed by atoms with Crippen LogP contribution in [-0.4, -0.2) is 42.7 Å². The van der Waals surface area contributed by atoms with Crippen LogP contribution >= 0.6 is 27.7 Å². The van der Waals surface area contributed by atoms with Gasteiger partial charge in [-0.3, -0.25) is 14.9 Å². The maximum atomic E-state index is 12.0. The molecule has 2 aromatic carbocycles. The van der Waals surface area contributed by atoms with Gasteiger partial charge in [-0.05, 0) is 18.2 Å². The fourth-order valence-electron chi connectivity index (χ4n) is 2.41. The molecule has 10 nitrogen and oxygen atoms in total. The lowest BCUT2D eigenvalue weighted by atomic mass is 10.2. The molecule has 1 heterocycles. The molecule has 12 heteroatoms. The van der Waals surface area contributed by atoms with Crippen molar-refractivity contribution < 1.29 is 14.8 Å². The zero-order chi connectivity index (χ0) is 21.7. The number of thioether (sulfide) groups is 1. The zero-order valence-corrected chi connectivity index (χ0v) is 17.9. The van der Waals surface area contributed by atoms with Crippen LogP contribution in [0.5, 0.6) is 5.75 Å². The van der Waals surface area contributed by atoms with Gasteiger partial charge in [0.1, 0.15) is 5.75 Å². The van der Waals surface area contributed by atoms with E-state index in [4.69, 9.17) is 0 Å². The highest BCUT2D eigenvalue weighted by molar-refractivity contribution is 9.10. The van der Waals surface area contributed by atoms with Gasteiger partial charge in [-0.15, -0.1) is 10.2 Å². The summed E-state index contributed by atoms with van der Waals surface area (Å²) in [7, 11) is 1.81. The van der Waals surface area contributed by atoms with Gasteiger partial charge in [0.2, 0.25) is 0 Å². The van der Waals surface area contributed by atoms with Gasteiger partial charge in [-0.25, -0.2) is 5.43 Å². The molecule has 0 radical (unpaired) electrons. The summed E-state index contributed by atoms with van der Waals surface area (Å²) in [6.45, 7) is 0. The van der Waals surface area contributed by atoms with E-state index in [2.05, 4.69) is 36.7 Å². The molecule has 0 aliphatic carbocycles. The quantitative estimate of drug-likeness (QED) is 0.224. The number of nitrogens with one attached hydrogen (secondary N) is 1. The maximum Gasteiger partial charge on any atom is 0.270 e. The summed E-state index contributed by atoms with van der Waals surface area (Å²) in [6.07, 6.45) is 1.14. The largest absolute Gasteiger partial charge is 0.507 e. The van der Waals surface area contributed by atoms with Crippen molar-refractivity contribution in [1.82, 2.24) is 20.2 Å². The third-order valence-electron chi connectivity index (χ3n) is 3.86. The van der Waals surface area contributed by atoms with Gasteiger partial charge >= 0.3 is 0 Å². The van der Waals surface area contributed by atoms with Gasteiger partial charge in [0.15, 0.2) is 11.0 Å². The Morgan fingerprint density at radius 3 is 2.90 bits per heavy atom. The first kappa shape index (κ1) is 21.5. The summed E-state index contributed by atoms with van der Waals surface area (Å²) in [5.41, 5.74) is 3.11. The fourth-order valence-corrected chi connectivity index (χ4v) is 3.52. The predicted molar refractivity (Wildman–Crippen MR) is 115 cm³/mol. The summed E-state index contributed by atoms with van der Waals surface area (Å²) in [4.78, 5) is 22.2. The lowest BCUT2D eigenvalue weighted by Crippen LogP contribution is -2.19. The number of phenolic OH excluding ortho intramolecular Hbond substituents is 1. The highest BCUT2D eigenvalue weighted by Gasteiger charge is 2.13. The number of rotatable bonds is 7. The highest BCUT2D eigenvalue weighted by atomic mass is 79.9. The van der Waals surface area contributed by atoms with Crippen molar-refractivity contribution >= 4 is 45.5 Å². The second-order valence-electron chi connectivity index (χ2n) is 5.96. The van der Waals surface area contributed by atoms with E-state index in [1.165, 1.54) is 23.9 Å². The number of amides is 1. The Bertz CT molecular complexity index is 1130. The Labute approximate surface area is 183 Å². The number of phenols is 1. The molecule has 0 saturated carbocycles. The number of aromatic nitrogens is 3. The maximum absolute atomic E-state index is 12.0. The number of hydrazone groups is 1. The molecule has 0 bridgehead atoms. The van der Waals surface area contributed by atoms with Gasteiger partial charge < -0.3 is 9.67 Å². The van der Waals surface area contributed by atoms with Crippen molar-refractivity contribution in [3.63, 3.8) is 0 Å². The molecule has 1 amide bonds. The first-order valence-corrected chi connectivity index (χ1v) is 10.2. The number of nitrogens with zero attached hydrogens (tertiary/aromatic N) is 5. The molecule has 154 valence electrons. The minimum Gasteiger partial charge on any atom is -0.507 e. The molecular formula is C18H15BrN6O4S. The number of nitro groups is 1. The van der Waals surface area contributed by atoms with E-state index >= 15 is 0 Å². The molecule has 0 aliphatic rings. The Kier molecular flexibility index (Phi) is 6.79. The SMILES string of the molecule is Cn1c(SCC(=O)N/N=C\c2cc([N+](=O)[O-])ccc2O)nnc1-c1cccc(Br)c1. The number of benzene rings is 2. The normalized spacial score (nSPS) is 11.0. The van der Waals surface area contributed by atoms with Crippen LogP contribution in [0.4, 0.5) is 5.69 Å². The zero-order valence-electron chi connectivity index (χ0n) is 15.5. The summed E-state index contributed by atoms with van der Waals surface area (Å²) < 4.78 is 2.70. The van der Waals surface area contributed by atoms with Crippen LogP contribution in [0, 0.1) is 10.1 Å². The van der Waals surface area contributed by atoms with Crippen LogP contribution in [0.2, 0.25) is 0 Å². The highest BCUT2D eigenvalue weighted by Crippen LogP contribution is 2.25. The number of carbonyl (C=O) groups is 1. The monoisotopic (exact) mass is 490 g/mol. The van der Waals surface area contributed by atoms with E-state index in [-0.39, 0.29) is 22.8 Å². The molecule has 0 aliphatic heterocycles. The first-order valence-electron chi connectivity index (χ1n) is 8.42. The summed E-state index contributed by atoms with van der Waals surface area (Å²) >= 11 is 4.60. The topological polar surface area (TPSA) is 136 Å². The van der Waals surface area contributed by atoms with Crippen LogP contribution in [0.3, 0.4) is 0 Å². The second kappa shape index (κ2) is 9.50. The molecule has 1 aromatic heterocycles. The molecule has 3 rings (SSSR count). The van der Waals surface area contributed by atoms with Crippen LogP contribution in [-0.2, 0) is 11.8 Å². The van der Waals surface area contributed by atoms with Crippen molar-refractivity contribution in [3.8, 4) is 17.1 Å². The van der Waals surface area contributed by atoms with Crippen molar-refractivity contribution in [1.29, 1.82) is 0 Å². The van der Waals surface area contributed by atoms with Crippen molar-refractivity contribution in [2.24, 2.45) is 12.1 Å². The fraction of sp³-hybridized carbons (Fsp3) is 0.111. The number of hydrogen-bond acceptors (Lipinski definition) is 8. The van der Waals surface area contributed by atoms with E-state index in [0.29, 0.717) is 11.0 Å². The third-order valence-corrected chi connectivity index (χ3v) is 5.38. The molecule has 2 N–H and O–H groups in total.